The average molecular weight is 393 g/mol. The summed E-state index contributed by atoms with van der Waals surface area (Å²) in [5.74, 6) is 1.07. The van der Waals surface area contributed by atoms with E-state index in [4.69, 9.17) is 21.3 Å². The van der Waals surface area contributed by atoms with E-state index in [1.165, 1.54) is 0 Å². The quantitative estimate of drug-likeness (QED) is 0.635. The molecule has 0 saturated carbocycles. The number of para-hydroxylation sites is 1. The molecule has 3 aromatic carbocycles. The van der Waals surface area contributed by atoms with Crippen molar-refractivity contribution < 1.29 is 9.84 Å². The van der Waals surface area contributed by atoms with Crippen LogP contribution in [0.3, 0.4) is 0 Å². The Bertz CT molecular complexity index is 1000. The third kappa shape index (κ3) is 3.88. The molecule has 0 unspecified atom stereocenters. The predicted octanol–water partition coefficient (Wildman–Crippen LogP) is 5.28. The number of benzene rings is 3. The lowest BCUT2D eigenvalue weighted by molar-refractivity contribution is 0.411. The first kappa shape index (κ1) is 18.5. The number of methoxy groups -OCH3 is 1. The van der Waals surface area contributed by atoms with Crippen molar-refractivity contribution in [2.45, 2.75) is 18.6 Å². The van der Waals surface area contributed by atoms with E-state index in [0.29, 0.717) is 11.4 Å². The van der Waals surface area contributed by atoms with Gasteiger partial charge in [-0.1, -0.05) is 54.1 Å². The van der Waals surface area contributed by atoms with Crippen molar-refractivity contribution in [1.82, 2.24) is 5.32 Å². The first-order valence-electron chi connectivity index (χ1n) is 9.14. The standard InChI is InChI=1S/C23H21ClN2O2/c1-28-18-6-4-5-16(13-18)20-14-21(19-7-2-3-8-22(19)27)26-23(25-20)15-9-11-17(24)12-10-15/h2-13,21,23,26-27H,14H2,1H3/t21-,23+/m1/s1. The maximum Gasteiger partial charge on any atom is 0.126 e. The molecule has 28 heavy (non-hydrogen) atoms. The van der Waals surface area contributed by atoms with Crippen molar-refractivity contribution >= 4 is 17.3 Å². The third-order valence-corrected chi connectivity index (χ3v) is 5.19. The minimum Gasteiger partial charge on any atom is -0.508 e. The lowest BCUT2D eigenvalue weighted by atomic mass is 9.93. The molecule has 2 N–H and O–H groups in total. The van der Waals surface area contributed by atoms with Crippen LogP contribution in [-0.2, 0) is 0 Å². The maximum absolute atomic E-state index is 10.4. The second-order valence-corrected chi connectivity index (χ2v) is 7.18. The van der Waals surface area contributed by atoms with Crippen molar-refractivity contribution in [2.75, 3.05) is 7.11 Å². The summed E-state index contributed by atoms with van der Waals surface area (Å²) >= 11 is 6.05. The summed E-state index contributed by atoms with van der Waals surface area (Å²) < 4.78 is 5.38. The number of hydrogen-bond donors (Lipinski definition) is 2. The lowest BCUT2D eigenvalue weighted by Crippen LogP contribution is -2.33. The van der Waals surface area contributed by atoms with Crippen LogP contribution >= 0.6 is 11.6 Å². The fourth-order valence-corrected chi connectivity index (χ4v) is 3.61. The molecule has 0 amide bonds. The fourth-order valence-electron chi connectivity index (χ4n) is 3.48. The van der Waals surface area contributed by atoms with Gasteiger partial charge in [-0.15, -0.1) is 0 Å². The van der Waals surface area contributed by atoms with E-state index >= 15 is 0 Å². The van der Waals surface area contributed by atoms with Gasteiger partial charge in [-0.25, -0.2) is 0 Å². The number of aliphatic imine (C=N–C) groups is 1. The number of ether oxygens (including phenoxy) is 1. The van der Waals surface area contributed by atoms with Crippen molar-refractivity contribution in [3.63, 3.8) is 0 Å². The van der Waals surface area contributed by atoms with Crippen LogP contribution in [0, 0.1) is 0 Å². The Labute approximate surface area is 169 Å². The van der Waals surface area contributed by atoms with Gasteiger partial charge >= 0.3 is 0 Å². The normalized spacial score (nSPS) is 19.1. The Morgan fingerprint density at radius 3 is 2.57 bits per heavy atom. The monoisotopic (exact) mass is 392 g/mol. The second-order valence-electron chi connectivity index (χ2n) is 6.74. The molecular weight excluding hydrogens is 372 g/mol. The molecule has 0 radical (unpaired) electrons. The van der Waals surface area contributed by atoms with Crippen LogP contribution in [0.5, 0.6) is 11.5 Å². The molecule has 0 fully saturated rings. The van der Waals surface area contributed by atoms with Gasteiger partial charge < -0.3 is 9.84 Å². The summed E-state index contributed by atoms with van der Waals surface area (Å²) in [5.41, 5.74) is 3.85. The summed E-state index contributed by atoms with van der Waals surface area (Å²) in [4.78, 5) is 4.96. The highest BCUT2D eigenvalue weighted by Gasteiger charge is 2.27. The van der Waals surface area contributed by atoms with Crippen LogP contribution in [0.15, 0.2) is 77.8 Å². The van der Waals surface area contributed by atoms with Gasteiger partial charge in [0.25, 0.3) is 0 Å². The number of aromatic hydroxyl groups is 1. The average Bonchev–Trinajstić information content (AvgIpc) is 2.74. The number of rotatable bonds is 4. The van der Waals surface area contributed by atoms with E-state index in [-0.39, 0.29) is 18.0 Å². The highest BCUT2D eigenvalue weighted by Crippen LogP contribution is 2.34. The molecule has 1 aliphatic heterocycles. The van der Waals surface area contributed by atoms with Gasteiger partial charge in [0.2, 0.25) is 0 Å². The molecule has 0 bridgehead atoms. The zero-order valence-corrected chi connectivity index (χ0v) is 16.2. The Kier molecular flexibility index (Phi) is 5.33. The van der Waals surface area contributed by atoms with Crippen LogP contribution in [0.1, 0.15) is 35.3 Å². The summed E-state index contributed by atoms with van der Waals surface area (Å²) in [6, 6.07) is 22.9. The maximum atomic E-state index is 10.4. The summed E-state index contributed by atoms with van der Waals surface area (Å²) in [7, 11) is 1.66. The molecule has 2 atom stereocenters. The third-order valence-electron chi connectivity index (χ3n) is 4.94. The topological polar surface area (TPSA) is 53.8 Å². The number of phenolic OH excluding ortho intramolecular Hbond substituents is 1. The Balaban J connectivity index is 1.76. The smallest absolute Gasteiger partial charge is 0.126 e. The Morgan fingerprint density at radius 1 is 1.04 bits per heavy atom. The van der Waals surface area contributed by atoms with E-state index in [0.717, 1.165) is 28.2 Å². The highest BCUT2D eigenvalue weighted by atomic mass is 35.5. The molecular formula is C23H21ClN2O2. The van der Waals surface area contributed by atoms with E-state index in [2.05, 4.69) is 5.32 Å². The van der Waals surface area contributed by atoms with Crippen molar-refractivity contribution in [1.29, 1.82) is 0 Å². The van der Waals surface area contributed by atoms with Crippen molar-refractivity contribution in [2.24, 2.45) is 4.99 Å². The minimum absolute atomic E-state index is 0.0689. The molecule has 3 aromatic rings. The molecule has 1 heterocycles. The zero-order chi connectivity index (χ0) is 19.5. The Morgan fingerprint density at radius 2 is 1.82 bits per heavy atom. The first-order chi connectivity index (χ1) is 13.6. The van der Waals surface area contributed by atoms with Gasteiger partial charge in [0.15, 0.2) is 0 Å². The van der Waals surface area contributed by atoms with Crippen LogP contribution < -0.4 is 10.1 Å². The van der Waals surface area contributed by atoms with Crippen molar-refractivity contribution in [3.05, 3.63) is 94.5 Å². The summed E-state index contributed by atoms with van der Waals surface area (Å²) in [6.07, 6.45) is 0.422. The predicted molar refractivity (Wildman–Crippen MR) is 112 cm³/mol. The summed E-state index contributed by atoms with van der Waals surface area (Å²) in [5, 5.41) is 14.6. The number of nitrogens with one attached hydrogen (secondary N) is 1. The molecule has 0 aliphatic carbocycles. The van der Waals surface area contributed by atoms with E-state index < -0.39 is 0 Å². The Hall–Kier alpha value is -2.82. The van der Waals surface area contributed by atoms with Crippen LogP contribution in [-0.4, -0.2) is 17.9 Å². The van der Waals surface area contributed by atoms with Gasteiger partial charge in [0, 0.05) is 28.8 Å². The van der Waals surface area contributed by atoms with Crippen LogP contribution in [0.25, 0.3) is 0 Å². The van der Waals surface area contributed by atoms with Gasteiger partial charge in [-0.2, -0.15) is 0 Å². The molecule has 142 valence electrons. The largest absolute Gasteiger partial charge is 0.508 e. The van der Waals surface area contributed by atoms with E-state index in [1.54, 1.807) is 13.2 Å². The molecule has 0 spiro atoms. The molecule has 4 rings (SSSR count). The number of phenols is 1. The van der Waals surface area contributed by atoms with E-state index in [1.807, 2.05) is 66.7 Å². The highest BCUT2D eigenvalue weighted by molar-refractivity contribution is 6.30. The van der Waals surface area contributed by atoms with Gasteiger partial charge in [0.05, 0.1) is 7.11 Å². The number of hydrogen-bond acceptors (Lipinski definition) is 4. The van der Waals surface area contributed by atoms with Gasteiger partial charge in [-0.05, 0) is 41.5 Å². The summed E-state index contributed by atoms with van der Waals surface area (Å²) in [6.45, 7) is 0. The van der Waals surface area contributed by atoms with Gasteiger partial charge in [-0.3, -0.25) is 10.3 Å². The SMILES string of the molecule is COc1cccc(C2=N[C@H](c3ccc(Cl)cc3)N[C@@H](c3ccccc3O)C2)c1. The molecule has 4 nitrogen and oxygen atoms in total. The number of halogens is 1. The zero-order valence-electron chi connectivity index (χ0n) is 15.5. The number of nitrogens with zero attached hydrogens (tertiary/aromatic N) is 1. The van der Waals surface area contributed by atoms with Crippen LogP contribution in [0.4, 0.5) is 0 Å². The van der Waals surface area contributed by atoms with Crippen molar-refractivity contribution in [3.8, 4) is 11.5 Å². The molecule has 0 aromatic heterocycles. The molecule has 1 aliphatic rings. The molecule has 5 heteroatoms. The second kappa shape index (κ2) is 8.05. The fraction of sp³-hybridized carbons (Fsp3) is 0.174. The van der Waals surface area contributed by atoms with Crippen LogP contribution in [0.2, 0.25) is 5.02 Å². The minimum atomic E-state index is -0.239. The first-order valence-corrected chi connectivity index (χ1v) is 9.52. The lowest BCUT2D eigenvalue weighted by Gasteiger charge is -2.31. The molecule has 0 saturated heterocycles. The van der Waals surface area contributed by atoms with Gasteiger partial charge in [0.1, 0.15) is 17.7 Å². The van der Waals surface area contributed by atoms with E-state index in [9.17, 15) is 5.11 Å².